The zero-order chi connectivity index (χ0) is 8.81. The van der Waals surface area contributed by atoms with E-state index in [1.54, 1.807) is 0 Å². The zero-order valence-corrected chi connectivity index (χ0v) is 8.47. The smallest absolute Gasteiger partial charge is 0.0167 e. The zero-order valence-electron chi connectivity index (χ0n) is 8.47. The lowest BCUT2D eigenvalue weighted by Gasteiger charge is -2.31. The normalized spacial score (nSPS) is 26.0. The van der Waals surface area contributed by atoms with Crippen LogP contribution in [0.25, 0.3) is 0 Å². The van der Waals surface area contributed by atoms with E-state index in [9.17, 15) is 0 Å². The van der Waals surface area contributed by atoms with E-state index < -0.39 is 0 Å². The molecule has 1 N–H and O–H groups in total. The van der Waals surface area contributed by atoms with Crippen molar-refractivity contribution in [2.45, 2.75) is 39.2 Å². The summed E-state index contributed by atoms with van der Waals surface area (Å²) in [7, 11) is 0. The highest BCUT2D eigenvalue weighted by Crippen LogP contribution is 2.02. The Hall–Kier alpha value is -0.0800. The molecule has 1 fully saturated rings. The van der Waals surface area contributed by atoms with Gasteiger partial charge in [0.2, 0.25) is 0 Å². The van der Waals surface area contributed by atoms with Gasteiger partial charge in [-0.15, -0.1) is 0 Å². The van der Waals surface area contributed by atoms with Crippen LogP contribution in [-0.4, -0.2) is 37.1 Å². The van der Waals surface area contributed by atoms with Gasteiger partial charge in [0.05, 0.1) is 0 Å². The first-order valence-electron chi connectivity index (χ1n) is 5.28. The maximum atomic E-state index is 3.46. The van der Waals surface area contributed by atoms with Gasteiger partial charge in [-0.1, -0.05) is 19.8 Å². The highest BCUT2D eigenvalue weighted by atomic mass is 15.2. The lowest BCUT2D eigenvalue weighted by Crippen LogP contribution is -2.49. The van der Waals surface area contributed by atoms with Crippen molar-refractivity contribution in [3.05, 3.63) is 0 Å². The largest absolute Gasteiger partial charge is 0.312 e. The third-order valence-corrected chi connectivity index (χ3v) is 2.53. The number of nitrogens with one attached hydrogen (secondary N) is 1. The fraction of sp³-hybridized carbons (Fsp3) is 1.00. The maximum Gasteiger partial charge on any atom is 0.0167 e. The van der Waals surface area contributed by atoms with Gasteiger partial charge in [-0.2, -0.15) is 0 Å². The molecule has 2 heteroatoms. The SMILES string of the molecule is CCCCCN1CCN[C@H](C)C1. The molecule has 0 saturated carbocycles. The summed E-state index contributed by atoms with van der Waals surface area (Å²) in [6.45, 7) is 9.50. The van der Waals surface area contributed by atoms with E-state index in [4.69, 9.17) is 0 Å². The van der Waals surface area contributed by atoms with Crippen LogP contribution in [0.15, 0.2) is 0 Å². The fourth-order valence-electron chi connectivity index (χ4n) is 1.80. The molecule has 1 saturated heterocycles. The Balaban J connectivity index is 2.06. The number of hydrogen-bond donors (Lipinski definition) is 1. The Labute approximate surface area is 76.3 Å². The molecule has 2 nitrogen and oxygen atoms in total. The summed E-state index contributed by atoms with van der Waals surface area (Å²) in [4.78, 5) is 2.58. The summed E-state index contributed by atoms with van der Waals surface area (Å²) >= 11 is 0. The van der Waals surface area contributed by atoms with Crippen LogP contribution in [0.4, 0.5) is 0 Å². The van der Waals surface area contributed by atoms with Crippen molar-refractivity contribution in [3.63, 3.8) is 0 Å². The van der Waals surface area contributed by atoms with Gasteiger partial charge < -0.3 is 10.2 Å². The van der Waals surface area contributed by atoms with Crippen LogP contribution >= 0.6 is 0 Å². The van der Waals surface area contributed by atoms with E-state index in [1.807, 2.05) is 0 Å². The van der Waals surface area contributed by atoms with E-state index in [0.717, 1.165) is 0 Å². The van der Waals surface area contributed by atoms with Gasteiger partial charge in [0.25, 0.3) is 0 Å². The average Bonchev–Trinajstić information content (AvgIpc) is 2.05. The molecular weight excluding hydrogens is 148 g/mol. The molecule has 0 aliphatic carbocycles. The summed E-state index contributed by atoms with van der Waals surface area (Å²) in [5.41, 5.74) is 0. The predicted molar refractivity (Wildman–Crippen MR) is 53.4 cm³/mol. The highest BCUT2D eigenvalue weighted by molar-refractivity contribution is 4.74. The lowest BCUT2D eigenvalue weighted by atomic mass is 10.2. The highest BCUT2D eigenvalue weighted by Gasteiger charge is 2.13. The van der Waals surface area contributed by atoms with Gasteiger partial charge >= 0.3 is 0 Å². The monoisotopic (exact) mass is 170 g/mol. The lowest BCUT2D eigenvalue weighted by molar-refractivity contribution is 0.203. The average molecular weight is 170 g/mol. The van der Waals surface area contributed by atoms with Gasteiger partial charge in [0.15, 0.2) is 0 Å². The molecule has 0 spiro atoms. The van der Waals surface area contributed by atoms with Gasteiger partial charge in [0.1, 0.15) is 0 Å². The molecule has 0 radical (unpaired) electrons. The van der Waals surface area contributed by atoms with Crippen LogP contribution < -0.4 is 5.32 Å². The number of rotatable bonds is 4. The molecule has 1 heterocycles. The van der Waals surface area contributed by atoms with Crippen LogP contribution in [0.2, 0.25) is 0 Å². The molecule has 0 aromatic rings. The molecule has 72 valence electrons. The van der Waals surface area contributed by atoms with E-state index in [0.29, 0.717) is 6.04 Å². The number of piperazine rings is 1. The molecule has 1 rings (SSSR count). The van der Waals surface area contributed by atoms with Crippen LogP contribution in [0, 0.1) is 0 Å². The third kappa shape index (κ3) is 3.55. The van der Waals surface area contributed by atoms with Crippen LogP contribution in [0.1, 0.15) is 33.1 Å². The minimum Gasteiger partial charge on any atom is -0.312 e. The fourth-order valence-corrected chi connectivity index (χ4v) is 1.80. The molecule has 0 unspecified atom stereocenters. The molecule has 0 bridgehead atoms. The van der Waals surface area contributed by atoms with E-state index in [-0.39, 0.29) is 0 Å². The minimum atomic E-state index is 0.695. The molecule has 0 aromatic heterocycles. The van der Waals surface area contributed by atoms with Gasteiger partial charge in [-0.3, -0.25) is 0 Å². The Morgan fingerprint density at radius 3 is 2.92 bits per heavy atom. The van der Waals surface area contributed by atoms with Gasteiger partial charge in [0, 0.05) is 25.7 Å². The second-order valence-electron chi connectivity index (χ2n) is 3.86. The second-order valence-corrected chi connectivity index (χ2v) is 3.86. The Bertz CT molecular complexity index is 114. The van der Waals surface area contributed by atoms with Crippen molar-refractivity contribution in [1.82, 2.24) is 10.2 Å². The third-order valence-electron chi connectivity index (χ3n) is 2.53. The number of nitrogens with zero attached hydrogens (tertiary/aromatic N) is 1. The number of hydrogen-bond acceptors (Lipinski definition) is 2. The van der Waals surface area contributed by atoms with Crippen molar-refractivity contribution in [3.8, 4) is 0 Å². The van der Waals surface area contributed by atoms with Crippen LogP contribution in [-0.2, 0) is 0 Å². The first-order chi connectivity index (χ1) is 5.83. The minimum absolute atomic E-state index is 0.695. The molecule has 0 amide bonds. The van der Waals surface area contributed by atoms with Crippen molar-refractivity contribution < 1.29 is 0 Å². The molecule has 0 aromatic carbocycles. The standard InChI is InChI=1S/C10H22N2/c1-3-4-5-7-12-8-6-11-10(2)9-12/h10-11H,3-9H2,1-2H3/t10-/m1/s1. The molecule has 12 heavy (non-hydrogen) atoms. The second kappa shape index (κ2) is 5.55. The van der Waals surface area contributed by atoms with Crippen molar-refractivity contribution in [2.24, 2.45) is 0 Å². The van der Waals surface area contributed by atoms with Crippen LogP contribution in [0.5, 0.6) is 0 Å². The Morgan fingerprint density at radius 2 is 2.25 bits per heavy atom. The van der Waals surface area contributed by atoms with Crippen molar-refractivity contribution >= 4 is 0 Å². The van der Waals surface area contributed by atoms with E-state index >= 15 is 0 Å². The summed E-state index contributed by atoms with van der Waals surface area (Å²) in [6, 6.07) is 0.695. The summed E-state index contributed by atoms with van der Waals surface area (Å²) in [5, 5.41) is 3.46. The van der Waals surface area contributed by atoms with Gasteiger partial charge in [-0.25, -0.2) is 0 Å². The summed E-state index contributed by atoms with van der Waals surface area (Å²) < 4.78 is 0. The summed E-state index contributed by atoms with van der Waals surface area (Å²) in [6.07, 6.45) is 4.10. The van der Waals surface area contributed by atoms with E-state index in [1.165, 1.54) is 45.4 Å². The molecule has 1 aliphatic rings. The van der Waals surface area contributed by atoms with Crippen LogP contribution in [0.3, 0.4) is 0 Å². The molecule has 1 atom stereocenters. The predicted octanol–water partition coefficient (Wildman–Crippen LogP) is 1.47. The molecule has 1 aliphatic heterocycles. The first kappa shape index (κ1) is 10.0. The van der Waals surface area contributed by atoms with Crippen molar-refractivity contribution in [2.75, 3.05) is 26.2 Å². The molecular formula is C10H22N2. The maximum absolute atomic E-state index is 3.46. The van der Waals surface area contributed by atoms with E-state index in [2.05, 4.69) is 24.1 Å². The first-order valence-corrected chi connectivity index (χ1v) is 5.28. The Morgan fingerprint density at radius 1 is 1.42 bits per heavy atom. The summed E-state index contributed by atoms with van der Waals surface area (Å²) in [5.74, 6) is 0. The Kier molecular flexibility index (Phi) is 4.62. The van der Waals surface area contributed by atoms with Gasteiger partial charge in [-0.05, 0) is 19.9 Å². The number of unbranched alkanes of at least 4 members (excludes halogenated alkanes) is 2. The topological polar surface area (TPSA) is 15.3 Å². The quantitative estimate of drug-likeness (QED) is 0.643. The van der Waals surface area contributed by atoms with Crippen molar-refractivity contribution in [1.29, 1.82) is 0 Å².